The number of nitrogens with zero attached hydrogens (tertiary/aromatic N) is 3. The summed E-state index contributed by atoms with van der Waals surface area (Å²) >= 11 is 0. The van der Waals surface area contributed by atoms with E-state index >= 15 is 0 Å². The number of benzene rings is 1. The third kappa shape index (κ3) is 3.46. The number of hydrogen-bond acceptors (Lipinski definition) is 4. The summed E-state index contributed by atoms with van der Waals surface area (Å²) in [6.45, 7) is 0.642. The number of rotatable bonds is 5. The number of aromatic nitrogens is 4. The molecule has 3 aromatic rings. The molecule has 2 heterocycles. The third-order valence-corrected chi connectivity index (χ3v) is 4.87. The van der Waals surface area contributed by atoms with Crippen molar-refractivity contribution in [1.29, 1.82) is 0 Å². The first-order valence-electron chi connectivity index (χ1n) is 8.81. The molecule has 1 atom stereocenters. The van der Waals surface area contributed by atoms with Crippen molar-refractivity contribution in [2.75, 3.05) is 5.32 Å². The van der Waals surface area contributed by atoms with Gasteiger partial charge in [0.1, 0.15) is 5.82 Å². The first-order chi connectivity index (χ1) is 12.7. The summed E-state index contributed by atoms with van der Waals surface area (Å²) in [6.07, 6.45) is 8.28. The van der Waals surface area contributed by atoms with Crippen LogP contribution in [0.4, 0.5) is 5.69 Å². The molecule has 1 aromatic carbocycles. The molecular weight excluding hydrogens is 328 g/mol. The summed E-state index contributed by atoms with van der Waals surface area (Å²) in [5.41, 5.74) is 4.03. The normalized spacial score (nSPS) is 16.1. The predicted molar refractivity (Wildman–Crippen MR) is 98.8 cm³/mol. The number of imidazole rings is 1. The van der Waals surface area contributed by atoms with Gasteiger partial charge in [-0.1, -0.05) is 0 Å². The molecule has 0 saturated heterocycles. The van der Waals surface area contributed by atoms with E-state index < -0.39 is 0 Å². The van der Waals surface area contributed by atoms with Crippen molar-refractivity contribution in [3.63, 3.8) is 0 Å². The van der Waals surface area contributed by atoms with Crippen LogP contribution in [0.1, 0.15) is 33.9 Å². The molecule has 2 aromatic heterocycles. The van der Waals surface area contributed by atoms with Crippen LogP contribution in [0.5, 0.6) is 0 Å². The molecule has 1 aliphatic rings. The number of nitrogens with one attached hydrogen (secondary N) is 3. The number of anilines is 1. The minimum Gasteiger partial charge on any atom is -0.378 e. The lowest BCUT2D eigenvalue weighted by molar-refractivity contribution is 0.0933. The Kier molecular flexibility index (Phi) is 4.43. The fourth-order valence-corrected chi connectivity index (χ4v) is 3.29. The average molecular weight is 350 g/mol. The molecule has 0 fully saturated rings. The number of aromatic amines is 1. The van der Waals surface area contributed by atoms with E-state index in [1.165, 1.54) is 5.56 Å². The van der Waals surface area contributed by atoms with Crippen LogP contribution in [0.3, 0.4) is 0 Å². The second-order valence-corrected chi connectivity index (χ2v) is 6.67. The molecule has 0 bridgehead atoms. The van der Waals surface area contributed by atoms with Gasteiger partial charge in [-0.25, -0.2) is 4.98 Å². The Morgan fingerprint density at radius 3 is 2.96 bits per heavy atom. The van der Waals surface area contributed by atoms with Crippen LogP contribution in [0.15, 0.2) is 42.9 Å². The van der Waals surface area contributed by atoms with Crippen LogP contribution in [-0.4, -0.2) is 31.7 Å². The van der Waals surface area contributed by atoms with Gasteiger partial charge >= 0.3 is 0 Å². The van der Waals surface area contributed by atoms with E-state index in [2.05, 4.69) is 25.8 Å². The fraction of sp³-hybridized carbons (Fsp3) is 0.316. The summed E-state index contributed by atoms with van der Waals surface area (Å²) in [6, 6.07) is 7.69. The monoisotopic (exact) mass is 350 g/mol. The van der Waals surface area contributed by atoms with Gasteiger partial charge < -0.3 is 15.2 Å². The number of amides is 1. The summed E-state index contributed by atoms with van der Waals surface area (Å²) in [5, 5.41) is 13.5. The smallest absolute Gasteiger partial charge is 0.251 e. The van der Waals surface area contributed by atoms with Crippen molar-refractivity contribution in [2.45, 2.75) is 31.8 Å². The SMILES string of the molecule is Cn1ccnc1CNc1ccc(C(=O)NC2CCc3cn[nH]c3C2)cc1. The lowest BCUT2D eigenvalue weighted by atomic mass is 9.93. The highest BCUT2D eigenvalue weighted by Gasteiger charge is 2.21. The van der Waals surface area contributed by atoms with Crippen molar-refractivity contribution in [3.8, 4) is 0 Å². The summed E-state index contributed by atoms with van der Waals surface area (Å²) in [7, 11) is 1.97. The Labute approximate surface area is 151 Å². The van der Waals surface area contributed by atoms with E-state index in [1.54, 1.807) is 6.20 Å². The van der Waals surface area contributed by atoms with Gasteiger partial charge in [0.15, 0.2) is 0 Å². The average Bonchev–Trinajstić information content (AvgIpc) is 3.28. The molecule has 26 heavy (non-hydrogen) atoms. The van der Waals surface area contributed by atoms with Gasteiger partial charge in [0.05, 0.1) is 12.7 Å². The second-order valence-electron chi connectivity index (χ2n) is 6.67. The molecule has 0 aliphatic heterocycles. The van der Waals surface area contributed by atoms with Crippen molar-refractivity contribution in [2.24, 2.45) is 7.05 Å². The van der Waals surface area contributed by atoms with Crippen LogP contribution >= 0.6 is 0 Å². The van der Waals surface area contributed by atoms with Crippen molar-refractivity contribution < 1.29 is 4.79 Å². The maximum atomic E-state index is 12.5. The number of fused-ring (bicyclic) bond motifs is 1. The highest BCUT2D eigenvalue weighted by Crippen LogP contribution is 2.19. The first kappa shape index (κ1) is 16.4. The highest BCUT2D eigenvalue weighted by atomic mass is 16.1. The first-order valence-corrected chi connectivity index (χ1v) is 8.81. The van der Waals surface area contributed by atoms with Gasteiger partial charge in [-0.2, -0.15) is 5.10 Å². The van der Waals surface area contributed by atoms with Crippen LogP contribution in [-0.2, 0) is 26.4 Å². The number of carbonyl (C=O) groups excluding carboxylic acids is 1. The molecule has 1 unspecified atom stereocenters. The number of carbonyl (C=O) groups is 1. The van der Waals surface area contributed by atoms with Crippen molar-refractivity contribution in [3.05, 3.63) is 65.5 Å². The lowest BCUT2D eigenvalue weighted by Crippen LogP contribution is -2.38. The van der Waals surface area contributed by atoms with Gasteiger partial charge in [0.2, 0.25) is 0 Å². The Morgan fingerprint density at radius 1 is 1.35 bits per heavy atom. The second kappa shape index (κ2) is 7.03. The Balaban J connectivity index is 1.33. The van der Waals surface area contributed by atoms with E-state index in [-0.39, 0.29) is 11.9 Å². The molecule has 3 N–H and O–H groups in total. The number of H-pyrrole nitrogens is 1. The maximum absolute atomic E-state index is 12.5. The number of hydrogen-bond donors (Lipinski definition) is 3. The molecule has 1 amide bonds. The highest BCUT2D eigenvalue weighted by molar-refractivity contribution is 5.94. The third-order valence-electron chi connectivity index (χ3n) is 4.87. The van der Waals surface area contributed by atoms with Crippen LogP contribution in [0.25, 0.3) is 0 Å². The van der Waals surface area contributed by atoms with Gasteiger partial charge in [0, 0.05) is 48.8 Å². The Hall–Kier alpha value is -3.09. The molecule has 1 aliphatic carbocycles. The van der Waals surface area contributed by atoms with E-state index in [9.17, 15) is 4.79 Å². The quantitative estimate of drug-likeness (QED) is 0.657. The molecule has 0 radical (unpaired) electrons. The standard InChI is InChI=1S/C19H22N6O/c1-25-9-8-20-18(25)12-21-15-5-2-13(3-6-15)19(26)23-16-7-4-14-11-22-24-17(14)10-16/h2-3,5-6,8-9,11,16,21H,4,7,10,12H2,1H3,(H,22,24)(H,23,26). The van der Waals surface area contributed by atoms with E-state index in [4.69, 9.17) is 0 Å². The Bertz CT molecular complexity index is 895. The van der Waals surface area contributed by atoms with Crippen LogP contribution in [0.2, 0.25) is 0 Å². The molecule has 0 saturated carbocycles. The fourth-order valence-electron chi connectivity index (χ4n) is 3.29. The minimum atomic E-state index is -0.0337. The van der Waals surface area contributed by atoms with Crippen LogP contribution in [0, 0.1) is 0 Å². The van der Waals surface area contributed by atoms with Gasteiger partial charge in [-0.3, -0.25) is 9.89 Å². The van der Waals surface area contributed by atoms with Gasteiger partial charge in [0.25, 0.3) is 5.91 Å². The zero-order valence-electron chi connectivity index (χ0n) is 14.7. The van der Waals surface area contributed by atoms with Crippen molar-refractivity contribution >= 4 is 11.6 Å². The van der Waals surface area contributed by atoms with Crippen LogP contribution < -0.4 is 10.6 Å². The number of aryl methyl sites for hydroxylation is 2. The molecular formula is C19H22N6O. The van der Waals surface area contributed by atoms with Crippen molar-refractivity contribution in [1.82, 2.24) is 25.1 Å². The zero-order valence-corrected chi connectivity index (χ0v) is 14.7. The summed E-state index contributed by atoms with van der Waals surface area (Å²) < 4.78 is 1.98. The summed E-state index contributed by atoms with van der Waals surface area (Å²) in [4.78, 5) is 16.8. The zero-order chi connectivity index (χ0) is 17.9. The van der Waals surface area contributed by atoms with Gasteiger partial charge in [-0.15, -0.1) is 0 Å². The topological polar surface area (TPSA) is 87.6 Å². The molecule has 4 rings (SSSR count). The maximum Gasteiger partial charge on any atom is 0.251 e. The molecule has 0 spiro atoms. The van der Waals surface area contributed by atoms with Gasteiger partial charge in [-0.05, 0) is 42.7 Å². The molecule has 7 nitrogen and oxygen atoms in total. The minimum absolute atomic E-state index is 0.0337. The molecule has 134 valence electrons. The van der Waals surface area contributed by atoms with E-state index in [0.717, 1.165) is 36.5 Å². The predicted octanol–water partition coefficient (Wildman–Crippen LogP) is 2.04. The molecule has 7 heteroatoms. The summed E-state index contributed by atoms with van der Waals surface area (Å²) in [5.74, 6) is 0.927. The van der Waals surface area contributed by atoms with E-state index in [0.29, 0.717) is 12.1 Å². The largest absolute Gasteiger partial charge is 0.378 e. The lowest BCUT2D eigenvalue weighted by Gasteiger charge is -2.22. The Morgan fingerprint density at radius 2 is 2.19 bits per heavy atom. The van der Waals surface area contributed by atoms with E-state index in [1.807, 2.05) is 48.3 Å².